The predicted octanol–water partition coefficient (Wildman–Crippen LogP) is 5.39. The molecule has 0 radical (unpaired) electrons. The molecule has 3 nitrogen and oxygen atoms in total. The van der Waals surface area contributed by atoms with Gasteiger partial charge in [-0.2, -0.15) is 0 Å². The first kappa shape index (κ1) is 17.9. The van der Waals surface area contributed by atoms with E-state index >= 15 is 0 Å². The lowest BCUT2D eigenvalue weighted by atomic mass is 9.95. The predicted molar refractivity (Wildman–Crippen MR) is 108 cm³/mol. The van der Waals surface area contributed by atoms with Crippen LogP contribution in [0.5, 0.6) is 0 Å². The van der Waals surface area contributed by atoms with Gasteiger partial charge in [0.05, 0.1) is 16.6 Å². The average molecular weight is 388 g/mol. The summed E-state index contributed by atoms with van der Waals surface area (Å²) < 4.78 is 29.0. The van der Waals surface area contributed by atoms with Crippen LogP contribution in [0.1, 0.15) is 44.1 Å². The molecule has 0 bridgehead atoms. The van der Waals surface area contributed by atoms with Gasteiger partial charge < -0.3 is 0 Å². The van der Waals surface area contributed by atoms with Crippen LogP contribution in [-0.4, -0.2) is 19.7 Å². The number of thioether (sulfide) groups is 1. The molecule has 1 saturated carbocycles. The van der Waals surface area contributed by atoms with Gasteiger partial charge in [-0.15, -0.1) is 11.8 Å². The molecule has 2 atom stereocenters. The lowest BCUT2D eigenvalue weighted by molar-refractivity contribution is 0.455. The van der Waals surface area contributed by atoms with Crippen molar-refractivity contribution in [3.8, 4) is 0 Å². The third-order valence-corrected chi connectivity index (χ3v) is 8.73. The van der Waals surface area contributed by atoms with Crippen molar-refractivity contribution in [1.29, 1.82) is 0 Å². The fourth-order valence-electron chi connectivity index (χ4n) is 4.05. The maximum atomic E-state index is 13.6. The van der Waals surface area contributed by atoms with Crippen LogP contribution in [-0.2, 0) is 10.0 Å². The number of nitrogens with zero attached hydrogens (tertiary/aromatic N) is 1. The third kappa shape index (κ3) is 3.27. The summed E-state index contributed by atoms with van der Waals surface area (Å²) in [6.45, 7) is 1.98. The maximum Gasteiger partial charge on any atom is 0.264 e. The standard InChI is InChI=1S/C21H25NO2S2/c1-16-12-14-17(15-13-16)26(23,24)22-18-8-4-2-3-5-10-20(18)25-21-11-7-6-9-19(21)22/h6-7,9,11-15,18,20H,2-5,8,10H2,1H3/t18-,20-/m0/s1. The van der Waals surface area contributed by atoms with E-state index < -0.39 is 10.0 Å². The number of aryl methyl sites for hydroxylation is 1. The quantitative estimate of drug-likeness (QED) is 0.693. The highest BCUT2D eigenvalue weighted by Gasteiger charge is 2.41. The van der Waals surface area contributed by atoms with E-state index in [4.69, 9.17) is 0 Å². The maximum absolute atomic E-state index is 13.6. The number of benzene rings is 2. The summed E-state index contributed by atoms with van der Waals surface area (Å²) in [7, 11) is -3.57. The van der Waals surface area contributed by atoms with E-state index in [9.17, 15) is 8.42 Å². The second-order valence-corrected chi connectivity index (χ2v) is 10.4. The zero-order valence-corrected chi connectivity index (χ0v) is 16.7. The first-order valence-corrected chi connectivity index (χ1v) is 11.8. The van der Waals surface area contributed by atoms with Gasteiger partial charge in [0.2, 0.25) is 0 Å². The number of anilines is 1. The van der Waals surface area contributed by atoms with Gasteiger partial charge in [0.25, 0.3) is 10.0 Å². The van der Waals surface area contributed by atoms with Gasteiger partial charge in [-0.25, -0.2) is 8.42 Å². The number of sulfonamides is 1. The molecule has 1 aliphatic heterocycles. The molecule has 2 aromatic carbocycles. The summed E-state index contributed by atoms with van der Waals surface area (Å²) in [6, 6.07) is 15.3. The van der Waals surface area contributed by atoms with Gasteiger partial charge in [0, 0.05) is 10.1 Å². The van der Waals surface area contributed by atoms with Crippen LogP contribution in [0.25, 0.3) is 0 Å². The zero-order valence-electron chi connectivity index (χ0n) is 15.1. The summed E-state index contributed by atoms with van der Waals surface area (Å²) in [4.78, 5) is 1.48. The monoisotopic (exact) mass is 387 g/mol. The average Bonchev–Trinajstić information content (AvgIpc) is 2.61. The fraction of sp³-hybridized carbons (Fsp3) is 0.429. The van der Waals surface area contributed by atoms with E-state index in [-0.39, 0.29) is 6.04 Å². The second kappa shape index (κ2) is 7.28. The van der Waals surface area contributed by atoms with Crippen molar-refractivity contribution in [3.63, 3.8) is 0 Å². The summed E-state index contributed by atoms with van der Waals surface area (Å²) in [5.74, 6) is 0. The Balaban J connectivity index is 1.83. The highest BCUT2D eigenvalue weighted by molar-refractivity contribution is 8.00. The Morgan fingerprint density at radius 2 is 1.62 bits per heavy atom. The minimum Gasteiger partial charge on any atom is -0.261 e. The van der Waals surface area contributed by atoms with Gasteiger partial charge in [-0.1, -0.05) is 55.5 Å². The van der Waals surface area contributed by atoms with Crippen LogP contribution in [0, 0.1) is 6.92 Å². The molecule has 5 heteroatoms. The molecule has 0 saturated heterocycles. The molecule has 1 aliphatic carbocycles. The summed E-state index contributed by atoms with van der Waals surface area (Å²) >= 11 is 1.87. The highest BCUT2D eigenvalue weighted by Crippen LogP contribution is 2.47. The van der Waals surface area contributed by atoms with Crippen molar-refractivity contribution in [3.05, 3.63) is 54.1 Å². The molecule has 0 unspecified atom stereocenters. The molecule has 0 aromatic heterocycles. The van der Waals surface area contributed by atoms with E-state index in [1.54, 1.807) is 16.4 Å². The number of rotatable bonds is 2. The molecule has 0 amide bonds. The minimum atomic E-state index is -3.57. The van der Waals surface area contributed by atoms with Crippen LogP contribution in [0.2, 0.25) is 0 Å². The molecule has 138 valence electrons. The molecule has 2 aromatic rings. The number of hydrogen-bond acceptors (Lipinski definition) is 3. The Labute approximate surface area is 160 Å². The Morgan fingerprint density at radius 1 is 0.923 bits per heavy atom. The largest absolute Gasteiger partial charge is 0.264 e. The molecule has 1 fully saturated rings. The molecule has 2 aliphatic rings. The smallest absolute Gasteiger partial charge is 0.261 e. The topological polar surface area (TPSA) is 37.4 Å². The summed E-state index contributed by atoms with van der Waals surface area (Å²) in [5.41, 5.74) is 1.92. The van der Waals surface area contributed by atoms with Crippen molar-refractivity contribution < 1.29 is 8.42 Å². The Morgan fingerprint density at radius 3 is 2.38 bits per heavy atom. The minimum absolute atomic E-state index is 0.0431. The molecule has 4 rings (SSSR count). The van der Waals surface area contributed by atoms with Crippen LogP contribution in [0.15, 0.2) is 58.3 Å². The van der Waals surface area contributed by atoms with Crippen molar-refractivity contribution in [2.75, 3.05) is 4.31 Å². The number of para-hydroxylation sites is 1. The van der Waals surface area contributed by atoms with Crippen LogP contribution in [0.3, 0.4) is 0 Å². The van der Waals surface area contributed by atoms with E-state index in [0.717, 1.165) is 35.4 Å². The summed E-state index contributed by atoms with van der Waals surface area (Å²) in [5, 5.41) is 0.338. The fourth-order valence-corrected chi connectivity index (χ4v) is 7.39. The van der Waals surface area contributed by atoms with Gasteiger partial charge in [0.15, 0.2) is 0 Å². The Kier molecular flexibility index (Phi) is 5.02. The Hall–Kier alpha value is -1.46. The SMILES string of the molecule is Cc1ccc(S(=O)(=O)N2c3ccccc3S[C@H]3CCCCCC[C@@H]32)cc1. The van der Waals surface area contributed by atoms with Gasteiger partial charge in [-0.05, 0) is 44.0 Å². The molecule has 0 spiro atoms. The summed E-state index contributed by atoms with van der Waals surface area (Å²) in [6.07, 6.45) is 6.78. The van der Waals surface area contributed by atoms with Crippen LogP contribution >= 0.6 is 11.8 Å². The second-order valence-electron chi connectivity index (χ2n) is 7.30. The molecule has 1 heterocycles. The third-order valence-electron chi connectivity index (χ3n) is 5.43. The van der Waals surface area contributed by atoms with E-state index in [0.29, 0.717) is 10.1 Å². The van der Waals surface area contributed by atoms with Gasteiger partial charge in [0.1, 0.15) is 0 Å². The molecule has 26 heavy (non-hydrogen) atoms. The van der Waals surface area contributed by atoms with Crippen molar-refractivity contribution in [2.24, 2.45) is 0 Å². The van der Waals surface area contributed by atoms with Crippen LogP contribution in [0.4, 0.5) is 5.69 Å². The highest BCUT2D eigenvalue weighted by atomic mass is 32.2. The van der Waals surface area contributed by atoms with Crippen molar-refractivity contribution in [1.82, 2.24) is 0 Å². The number of fused-ring (bicyclic) bond motifs is 2. The van der Waals surface area contributed by atoms with Gasteiger partial charge in [-0.3, -0.25) is 4.31 Å². The van der Waals surface area contributed by atoms with E-state index in [1.807, 2.05) is 49.0 Å². The molecular formula is C21H25NO2S2. The number of hydrogen-bond donors (Lipinski definition) is 0. The molecular weight excluding hydrogens is 362 g/mol. The lowest BCUT2D eigenvalue weighted by Crippen LogP contribution is -2.49. The van der Waals surface area contributed by atoms with E-state index in [2.05, 4.69) is 6.07 Å². The van der Waals surface area contributed by atoms with Crippen LogP contribution < -0.4 is 4.31 Å². The van der Waals surface area contributed by atoms with Gasteiger partial charge >= 0.3 is 0 Å². The lowest BCUT2D eigenvalue weighted by Gasteiger charge is -2.43. The van der Waals surface area contributed by atoms with E-state index in [1.165, 1.54) is 19.3 Å². The first-order valence-electron chi connectivity index (χ1n) is 9.44. The zero-order chi connectivity index (χ0) is 18.1. The normalized spacial score (nSPS) is 23.5. The van der Waals surface area contributed by atoms with Crippen molar-refractivity contribution >= 4 is 27.5 Å². The molecule has 0 N–H and O–H groups in total. The van der Waals surface area contributed by atoms with Crippen molar-refractivity contribution in [2.45, 2.75) is 66.5 Å². The first-order chi connectivity index (χ1) is 12.6. The Bertz CT molecular complexity index is 877.